The first-order valence-electron chi connectivity index (χ1n) is 8.19. The third-order valence-corrected chi connectivity index (χ3v) is 5.30. The molecule has 0 bridgehead atoms. The molecule has 2 aromatic carbocycles. The van der Waals surface area contributed by atoms with Crippen LogP contribution in [0, 0.1) is 5.82 Å². The van der Waals surface area contributed by atoms with Gasteiger partial charge in [-0.2, -0.15) is 0 Å². The van der Waals surface area contributed by atoms with Gasteiger partial charge in [-0.15, -0.1) is 10.2 Å². The van der Waals surface area contributed by atoms with Crippen LogP contribution in [0.15, 0.2) is 59.8 Å². The summed E-state index contributed by atoms with van der Waals surface area (Å²) >= 11 is 1.17. The minimum absolute atomic E-state index is 0.0740. The number of ketones is 1. The molecule has 146 valence electrons. The molecule has 28 heavy (non-hydrogen) atoms. The summed E-state index contributed by atoms with van der Waals surface area (Å²) in [7, 11) is -3.43. The van der Waals surface area contributed by atoms with Crippen molar-refractivity contribution in [2.45, 2.75) is 11.7 Å². The lowest BCUT2D eigenvalue weighted by Gasteiger charge is -2.10. The Morgan fingerprint density at radius 1 is 1.11 bits per heavy atom. The number of nitrogens with one attached hydrogen (secondary N) is 1. The summed E-state index contributed by atoms with van der Waals surface area (Å²) in [5, 5.41) is 8.51. The summed E-state index contributed by atoms with van der Waals surface area (Å²) in [6.45, 7) is -0.0869. The van der Waals surface area contributed by atoms with Crippen LogP contribution in [0.1, 0.15) is 16.2 Å². The minimum Gasteiger partial charge on any atom is -0.293 e. The first-order valence-corrected chi connectivity index (χ1v) is 11.1. The molecule has 0 fully saturated rings. The molecule has 0 atom stereocenters. The molecule has 0 aliphatic heterocycles. The number of benzene rings is 2. The van der Waals surface area contributed by atoms with Crippen LogP contribution in [-0.2, 0) is 16.6 Å². The Kier molecular flexibility index (Phi) is 6.22. The Morgan fingerprint density at radius 3 is 2.43 bits per heavy atom. The van der Waals surface area contributed by atoms with E-state index in [1.54, 1.807) is 28.8 Å². The van der Waals surface area contributed by atoms with Crippen LogP contribution in [0.2, 0.25) is 0 Å². The van der Waals surface area contributed by atoms with Crippen LogP contribution in [0.4, 0.5) is 4.39 Å². The van der Waals surface area contributed by atoms with Crippen molar-refractivity contribution in [3.63, 3.8) is 0 Å². The van der Waals surface area contributed by atoms with Gasteiger partial charge < -0.3 is 0 Å². The number of thioether (sulfide) groups is 1. The number of hydrogen-bond donors (Lipinski definition) is 1. The molecular formula is C18H17FN4O3S2. The molecule has 0 aliphatic carbocycles. The highest BCUT2D eigenvalue weighted by Crippen LogP contribution is 2.23. The smallest absolute Gasteiger partial charge is 0.209 e. The zero-order chi connectivity index (χ0) is 20.1. The maximum absolute atomic E-state index is 13.3. The quantitative estimate of drug-likeness (QED) is 0.444. The summed E-state index contributed by atoms with van der Waals surface area (Å²) in [4.78, 5) is 12.4. The molecule has 1 aromatic heterocycles. The average Bonchev–Trinajstić information content (AvgIpc) is 3.08. The number of rotatable bonds is 8. The van der Waals surface area contributed by atoms with Gasteiger partial charge in [0, 0.05) is 11.3 Å². The zero-order valence-corrected chi connectivity index (χ0v) is 16.5. The number of hydrogen-bond acceptors (Lipinski definition) is 6. The molecule has 0 saturated heterocycles. The van der Waals surface area contributed by atoms with E-state index in [2.05, 4.69) is 14.9 Å². The molecule has 0 saturated carbocycles. The molecule has 0 unspecified atom stereocenters. The highest BCUT2D eigenvalue weighted by atomic mass is 32.2. The van der Waals surface area contributed by atoms with Crippen LogP contribution in [0.3, 0.4) is 0 Å². The monoisotopic (exact) mass is 420 g/mol. The van der Waals surface area contributed by atoms with Crippen molar-refractivity contribution < 1.29 is 17.6 Å². The van der Waals surface area contributed by atoms with Crippen molar-refractivity contribution >= 4 is 27.6 Å². The van der Waals surface area contributed by atoms with Gasteiger partial charge in [0.05, 0.1) is 18.6 Å². The molecule has 7 nitrogen and oxygen atoms in total. The largest absolute Gasteiger partial charge is 0.293 e. The van der Waals surface area contributed by atoms with E-state index in [4.69, 9.17) is 0 Å². The van der Waals surface area contributed by atoms with Crippen LogP contribution >= 0.6 is 11.8 Å². The van der Waals surface area contributed by atoms with E-state index in [0.717, 1.165) is 6.26 Å². The van der Waals surface area contributed by atoms with Gasteiger partial charge in [0.2, 0.25) is 10.0 Å². The van der Waals surface area contributed by atoms with E-state index in [9.17, 15) is 17.6 Å². The molecule has 0 amide bonds. The topological polar surface area (TPSA) is 94.0 Å². The zero-order valence-electron chi connectivity index (χ0n) is 14.9. The number of Topliss-reactive ketones (excluding diaryl/α,β-unsaturated/α-hetero) is 1. The lowest BCUT2D eigenvalue weighted by atomic mass is 10.2. The lowest BCUT2D eigenvalue weighted by Crippen LogP contribution is -2.23. The predicted octanol–water partition coefficient (Wildman–Crippen LogP) is 2.43. The summed E-state index contributed by atoms with van der Waals surface area (Å²) in [5.41, 5.74) is 1.15. The maximum atomic E-state index is 13.3. The maximum Gasteiger partial charge on any atom is 0.209 e. The molecule has 3 aromatic rings. The third kappa shape index (κ3) is 5.24. The van der Waals surface area contributed by atoms with Crippen molar-refractivity contribution in [1.29, 1.82) is 0 Å². The Bertz CT molecular complexity index is 1070. The van der Waals surface area contributed by atoms with Gasteiger partial charge in [0.25, 0.3) is 0 Å². The minimum atomic E-state index is -3.43. The predicted molar refractivity (Wildman–Crippen MR) is 104 cm³/mol. The lowest BCUT2D eigenvalue weighted by molar-refractivity contribution is 0.102. The van der Waals surface area contributed by atoms with E-state index >= 15 is 0 Å². The van der Waals surface area contributed by atoms with E-state index in [1.807, 2.05) is 6.07 Å². The second-order valence-electron chi connectivity index (χ2n) is 5.88. The van der Waals surface area contributed by atoms with Gasteiger partial charge in [-0.3, -0.25) is 9.36 Å². The number of aromatic nitrogens is 3. The highest BCUT2D eigenvalue weighted by molar-refractivity contribution is 7.99. The average molecular weight is 420 g/mol. The second-order valence-corrected chi connectivity index (χ2v) is 8.66. The van der Waals surface area contributed by atoms with Crippen molar-refractivity contribution in [2.75, 3.05) is 12.0 Å². The molecule has 1 N–H and O–H groups in total. The van der Waals surface area contributed by atoms with Gasteiger partial charge in [-0.25, -0.2) is 17.5 Å². The molecular weight excluding hydrogens is 403 g/mol. The molecule has 10 heteroatoms. The Hall–Kier alpha value is -2.56. The van der Waals surface area contributed by atoms with Crippen LogP contribution in [-0.4, -0.2) is 41.0 Å². The molecule has 0 spiro atoms. The molecule has 1 heterocycles. The fraction of sp³-hybridized carbons (Fsp3) is 0.167. The fourth-order valence-electron chi connectivity index (χ4n) is 2.39. The fourth-order valence-corrected chi connectivity index (χ4v) is 3.65. The number of carbonyl (C=O) groups is 1. The van der Waals surface area contributed by atoms with E-state index < -0.39 is 15.8 Å². The van der Waals surface area contributed by atoms with Crippen molar-refractivity contribution in [1.82, 2.24) is 19.5 Å². The Labute approximate surface area is 166 Å². The number of carbonyl (C=O) groups excluding carboxylic acids is 1. The molecule has 3 rings (SSSR count). The Balaban J connectivity index is 1.86. The summed E-state index contributed by atoms with van der Waals surface area (Å²) in [6.07, 6.45) is 1.04. The van der Waals surface area contributed by atoms with Crippen LogP contribution in [0.5, 0.6) is 0 Å². The van der Waals surface area contributed by atoms with Gasteiger partial charge in [-0.05, 0) is 24.3 Å². The Morgan fingerprint density at radius 2 is 1.79 bits per heavy atom. The van der Waals surface area contributed by atoms with Crippen LogP contribution in [0.25, 0.3) is 5.69 Å². The SMILES string of the molecule is CS(=O)(=O)NCc1nnc(SCC(=O)c2ccccc2)n1-c1ccc(F)cc1. The molecule has 0 radical (unpaired) electrons. The van der Waals surface area contributed by atoms with Gasteiger partial charge >= 0.3 is 0 Å². The highest BCUT2D eigenvalue weighted by Gasteiger charge is 2.17. The van der Waals surface area contributed by atoms with Gasteiger partial charge in [0.1, 0.15) is 5.82 Å². The van der Waals surface area contributed by atoms with E-state index in [-0.39, 0.29) is 18.1 Å². The van der Waals surface area contributed by atoms with Gasteiger partial charge in [-0.1, -0.05) is 42.1 Å². The van der Waals surface area contributed by atoms with E-state index in [1.165, 1.54) is 36.0 Å². The number of nitrogens with zero attached hydrogens (tertiary/aromatic N) is 3. The third-order valence-electron chi connectivity index (χ3n) is 3.71. The van der Waals surface area contributed by atoms with Crippen molar-refractivity contribution in [3.8, 4) is 5.69 Å². The first-order chi connectivity index (χ1) is 13.3. The van der Waals surface area contributed by atoms with Gasteiger partial charge in [0.15, 0.2) is 16.8 Å². The standard InChI is InChI=1S/C18H17FN4O3S2/c1-28(25,26)20-11-17-21-22-18(23(17)15-9-7-14(19)8-10-15)27-12-16(24)13-5-3-2-4-6-13/h2-10,20H,11-12H2,1H3. The molecule has 0 aliphatic rings. The van der Waals surface area contributed by atoms with Crippen molar-refractivity contribution in [3.05, 3.63) is 71.8 Å². The second kappa shape index (κ2) is 8.63. The number of sulfonamides is 1. The summed E-state index contributed by atoms with van der Waals surface area (Å²) in [6, 6.07) is 14.5. The first kappa shape index (κ1) is 20.2. The summed E-state index contributed by atoms with van der Waals surface area (Å²) in [5.74, 6) is -0.0223. The normalized spacial score (nSPS) is 11.5. The van der Waals surface area contributed by atoms with Crippen LogP contribution < -0.4 is 4.72 Å². The number of halogens is 1. The van der Waals surface area contributed by atoms with Crippen molar-refractivity contribution in [2.24, 2.45) is 0 Å². The van der Waals surface area contributed by atoms with E-state index in [0.29, 0.717) is 22.2 Å². The summed E-state index contributed by atoms with van der Waals surface area (Å²) < 4.78 is 40.1.